The number of nitrogens with one attached hydrogen (secondary N) is 2. The summed E-state index contributed by atoms with van der Waals surface area (Å²) in [7, 11) is -6.02. The minimum Gasteiger partial charge on any atom is -0.365 e. The lowest BCUT2D eigenvalue weighted by Gasteiger charge is -2.20. The van der Waals surface area contributed by atoms with Gasteiger partial charge in [-0.05, 0) is 37.1 Å². The number of pyridine rings is 1. The van der Waals surface area contributed by atoms with Gasteiger partial charge in [0.15, 0.2) is 0 Å². The number of rotatable bonds is 14. The fourth-order valence-corrected chi connectivity index (χ4v) is 5.73. The van der Waals surface area contributed by atoms with E-state index in [0.29, 0.717) is 30.3 Å². The Morgan fingerprint density at radius 2 is 1.73 bits per heavy atom. The van der Waals surface area contributed by atoms with Crippen LogP contribution in [0.5, 0.6) is 0 Å². The van der Waals surface area contributed by atoms with Crippen molar-refractivity contribution in [2.45, 2.75) is 39.4 Å². The number of sulfonamides is 1. The van der Waals surface area contributed by atoms with Crippen LogP contribution in [0.4, 0.5) is 36.4 Å². The Kier molecular flexibility index (Phi) is 10.7. The third kappa shape index (κ3) is 8.62. The summed E-state index contributed by atoms with van der Waals surface area (Å²) in [5.41, 5.74) is -0.452. The molecule has 16 heteroatoms. The average Bonchev–Trinajstić information content (AvgIpc) is 2.92. The minimum absolute atomic E-state index is 0.0558. The molecule has 2 aromatic heterocycles. The van der Waals surface area contributed by atoms with Crippen LogP contribution in [-0.4, -0.2) is 49.9 Å². The van der Waals surface area contributed by atoms with E-state index in [4.69, 9.17) is 9.05 Å². The minimum atomic E-state index is -4.78. The van der Waals surface area contributed by atoms with Crippen molar-refractivity contribution in [3.63, 3.8) is 0 Å². The highest BCUT2D eigenvalue weighted by Gasteiger charge is 2.35. The lowest BCUT2D eigenvalue weighted by molar-refractivity contribution is -0.137. The first-order chi connectivity index (χ1) is 19.3. The lowest BCUT2D eigenvalue weighted by atomic mass is 10.2. The second-order valence-electron chi connectivity index (χ2n) is 8.86. The normalized spacial score (nSPS) is 12.3. The molecule has 0 atom stereocenters. The molecule has 0 aliphatic carbocycles. The van der Waals surface area contributed by atoms with Crippen molar-refractivity contribution in [1.29, 1.82) is 0 Å². The molecule has 2 N–H and O–H groups in total. The molecule has 2 heterocycles. The van der Waals surface area contributed by atoms with E-state index >= 15 is 0 Å². The number of alkyl halides is 3. The van der Waals surface area contributed by atoms with Crippen molar-refractivity contribution < 1.29 is 35.2 Å². The van der Waals surface area contributed by atoms with Gasteiger partial charge in [0.2, 0.25) is 16.0 Å². The smallest absolute Gasteiger partial charge is 0.365 e. The van der Waals surface area contributed by atoms with Gasteiger partial charge in [0.1, 0.15) is 17.2 Å². The van der Waals surface area contributed by atoms with Gasteiger partial charge in [0.25, 0.3) is 0 Å². The second-order valence-corrected chi connectivity index (χ2v) is 12.9. The van der Waals surface area contributed by atoms with Crippen LogP contribution in [0.2, 0.25) is 0 Å². The Morgan fingerprint density at radius 1 is 1.05 bits per heavy atom. The van der Waals surface area contributed by atoms with E-state index in [0.717, 1.165) is 10.6 Å². The van der Waals surface area contributed by atoms with E-state index in [1.165, 1.54) is 31.4 Å². The first kappa shape index (κ1) is 32.3. The predicted octanol–water partition coefficient (Wildman–Crippen LogP) is 5.31. The van der Waals surface area contributed by atoms with E-state index in [-0.39, 0.29) is 36.8 Å². The molecule has 0 spiro atoms. The maximum atomic E-state index is 13.8. The Labute approximate surface area is 237 Å². The maximum absolute atomic E-state index is 13.8. The zero-order valence-electron chi connectivity index (χ0n) is 23.0. The third-order valence-electron chi connectivity index (χ3n) is 5.55. The summed E-state index contributed by atoms with van der Waals surface area (Å²) in [6.07, 6.45) is -0.532. The zero-order valence-corrected chi connectivity index (χ0v) is 24.7. The summed E-state index contributed by atoms with van der Waals surface area (Å²) < 4.78 is 90.8. The summed E-state index contributed by atoms with van der Waals surface area (Å²) >= 11 is 0. The topological polar surface area (TPSA) is 136 Å². The lowest BCUT2D eigenvalue weighted by Crippen LogP contribution is -2.27. The number of hydrogen-bond donors (Lipinski definition) is 2. The molecule has 3 aromatic rings. The standard InChI is InChI=1S/C25H32F3N6O5PS/c1-5-13-38-40(35,39-14-6-2)20-11-7-10-19(15-20)32-24-31-17-21(25(26,27)28)22(33-24)30-16-18-9-8-12-29-23(18)34(3)41(4,36)37/h7-12,15,17H,5-6,13-14,16H2,1-4H3,(H2,30,31,32,33). The van der Waals surface area contributed by atoms with Crippen LogP contribution in [0.3, 0.4) is 0 Å². The van der Waals surface area contributed by atoms with Crippen molar-refractivity contribution in [3.05, 3.63) is 59.9 Å². The van der Waals surface area contributed by atoms with Gasteiger partial charge >= 0.3 is 13.8 Å². The van der Waals surface area contributed by atoms with Crippen LogP contribution in [0, 0.1) is 0 Å². The largest absolute Gasteiger partial charge is 0.421 e. The first-order valence-electron chi connectivity index (χ1n) is 12.6. The molecule has 41 heavy (non-hydrogen) atoms. The molecule has 1 aromatic carbocycles. The molecule has 3 rings (SSSR count). The molecule has 11 nitrogen and oxygen atoms in total. The molecule has 0 fully saturated rings. The number of aromatic nitrogens is 3. The highest BCUT2D eigenvalue weighted by Crippen LogP contribution is 2.47. The van der Waals surface area contributed by atoms with Crippen molar-refractivity contribution in [2.24, 2.45) is 0 Å². The highest BCUT2D eigenvalue weighted by atomic mass is 32.2. The van der Waals surface area contributed by atoms with Gasteiger partial charge < -0.3 is 19.7 Å². The summed E-state index contributed by atoms with van der Waals surface area (Å²) in [5.74, 6) is -0.650. The fourth-order valence-electron chi connectivity index (χ4n) is 3.46. The molecular weight excluding hydrogens is 584 g/mol. The van der Waals surface area contributed by atoms with Crippen LogP contribution < -0.4 is 20.2 Å². The van der Waals surface area contributed by atoms with E-state index < -0.39 is 35.2 Å². The summed E-state index contributed by atoms with van der Waals surface area (Å²) in [4.78, 5) is 11.9. The second kappa shape index (κ2) is 13.6. The van der Waals surface area contributed by atoms with Gasteiger partial charge in [0.05, 0.1) is 24.8 Å². The van der Waals surface area contributed by atoms with Crippen LogP contribution in [-0.2, 0) is 36.4 Å². The van der Waals surface area contributed by atoms with Gasteiger partial charge in [-0.25, -0.2) is 18.4 Å². The number of halogens is 3. The SMILES string of the molecule is CCCOP(=O)(OCCC)c1cccc(Nc2ncc(C(F)(F)F)c(NCc3cccnc3N(C)S(C)(=O)=O)n2)c1. The molecule has 0 bridgehead atoms. The van der Waals surface area contributed by atoms with Gasteiger partial charge in [-0.2, -0.15) is 18.2 Å². The fraction of sp³-hybridized carbons (Fsp3) is 0.400. The molecule has 0 saturated carbocycles. The monoisotopic (exact) mass is 616 g/mol. The molecule has 0 radical (unpaired) electrons. The van der Waals surface area contributed by atoms with Gasteiger partial charge in [-0.1, -0.05) is 26.0 Å². The van der Waals surface area contributed by atoms with E-state index in [1.54, 1.807) is 18.2 Å². The van der Waals surface area contributed by atoms with E-state index in [2.05, 4.69) is 25.6 Å². The summed E-state index contributed by atoms with van der Waals surface area (Å²) in [6, 6.07) is 9.36. The van der Waals surface area contributed by atoms with Crippen molar-refractivity contribution in [3.8, 4) is 0 Å². The van der Waals surface area contributed by atoms with Crippen molar-refractivity contribution in [1.82, 2.24) is 15.0 Å². The molecular formula is C25H32F3N6O5PS. The number of benzene rings is 1. The van der Waals surface area contributed by atoms with Crippen molar-refractivity contribution in [2.75, 3.05) is 41.5 Å². The highest BCUT2D eigenvalue weighted by molar-refractivity contribution is 7.92. The molecule has 0 saturated heterocycles. The Morgan fingerprint density at radius 3 is 2.34 bits per heavy atom. The average molecular weight is 617 g/mol. The van der Waals surface area contributed by atoms with E-state index in [9.17, 15) is 26.2 Å². The molecule has 0 amide bonds. The first-order valence-corrected chi connectivity index (χ1v) is 16.0. The Bertz CT molecular complexity index is 1480. The Hall–Kier alpha value is -3.26. The molecule has 0 aliphatic rings. The van der Waals surface area contributed by atoms with Crippen LogP contribution in [0.15, 0.2) is 48.8 Å². The molecule has 224 valence electrons. The maximum Gasteiger partial charge on any atom is 0.421 e. The summed E-state index contributed by atoms with van der Waals surface area (Å²) in [5, 5.41) is 5.74. The van der Waals surface area contributed by atoms with Crippen LogP contribution in [0.1, 0.15) is 37.8 Å². The van der Waals surface area contributed by atoms with Crippen molar-refractivity contribution >= 4 is 46.2 Å². The number of nitrogens with zero attached hydrogens (tertiary/aromatic N) is 4. The quantitative estimate of drug-likeness (QED) is 0.229. The van der Waals surface area contributed by atoms with Gasteiger partial charge in [-0.15, -0.1) is 0 Å². The predicted molar refractivity (Wildman–Crippen MR) is 151 cm³/mol. The van der Waals surface area contributed by atoms with Gasteiger partial charge in [0, 0.05) is 37.2 Å². The Balaban J connectivity index is 1.91. The zero-order chi connectivity index (χ0) is 30.3. The molecule has 0 aliphatic heterocycles. The summed E-state index contributed by atoms with van der Waals surface area (Å²) in [6.45, 7) is 3.96. The number of hydrogen-bond acceptors (Lipinski definition) is 10. The van der Waals surface area contributed by atoms with Gasteiger partial charge in [-0.3, -0.25) is 8.87 Å². The van der Waals surface area contributed by atoms with Crippen LogP contribution >= 0.6 is 7.60 Å². The van der Waals surface area contributed by atoms with E-state index in [1.807, 2.05) is 13.8 Å². The third-order valence-corrected chi connectivity index (χ3v) is 8.68. The number of anilines is 4. The van der Waals surface area contributed by atoms with Crippen LogP contribution in [0.25, 0.3) is 0 Å². The molecule has 0 unspecified atom stereocenters.